The zero-order valence-electron chi connectivity index (χ0n) is 41.6. The predicted octanol–water partition coefficient (Wildman–Crippen LogP) is 7.49. The lowest BCUT2D eigenvalue weighted by Gasteiger charge is -2.42. The summed E-state index contributed by atoms with van der Waals surface area (Å²) in [4.78, 5) is 25.8. The second-order valence-electron chi connectivity index (χ2n) is 18.3. The predicted molar refractivity (Wildman–Crippen MR) is 261 cm³/mol. The van der Waals surface area contributed by atoms with Crippen LogP contribution in [0.25, 0.3) is 0 Å². The summed E-state index contributed by atoms with van der Waals surface area (Å²) in [5, 5.41) is 72.1. The molecule has 0 amide bonds. The van der Waals surface area contributed by atoms with E-state index in [1.165, 1.54) is 64.2 Å². The second kappa shape index (κ2) is 40.1. The number of carbonyl (C=O) groups is 2. The molecule has 394 valence electrons. The molecule has 11 atom stereocenters. The standard InChI is InChI=1S/C53H92O15/c1-3-5-7-9-11-13-15-17-19-20-22-23-25-27-29-31-33-35-44(55)63-38-41(66-45(56)36-34-32-30-28-26-24-21-18-16-14-12-10-8-6-4-2)39-64-52-51(62)49(60)47(58)43(68-52)40-65-53-50(61)48(59)46(57)42(37-54)67-53/h10-13,17,19,22-23,41-43,46-54,57-62H,3-9,14-16,18,20-21,24-40H2,1-2H3/b12-10+,13-11+,19-17+,23-22+/t41-,42+,43+,46-,47-,48?,49?,50?,51?,52+,53+/m0/s1. The van der Waals surface area contributed by atoms with E-state index in [9.17, 15) is 45.3 Å². The highest BCUT2D eigenvalue weighted by atomic mass is 16.7. The number of unbranched alkanes of at least 4 members (excludes halogenated alkanes) is 18. The van der Waals surface area contributed by atoms with Crippen LogP contribution < -0.4 is 0 Å². The number of ether oxygens (including phenoxy) is 6. The number of rotatable bonds is 40. The fourth-order valence-corrected chi connectivity index (χ4v) is 7.91. The van der Waals surface area contributed by atoms with Gasteiger partial charge < -0.3 is 64.2 Å². The molecule has 0 aromatic heterocycles. The molecule has 15 nitrogen and oxygen atoms in total. The summed E-state index contributed by atoms with van der Waals surface area (Å²) in [7, 11) is 0. The lowest BCUT2D eigenvalue weighted by molar-refractivity contribution is -0.332. The van der Waals surface area contributed by atoms with Gasteiger partial charge in [0.25, 0.3) is 0 Å². The maximum atomic E-state index is 13.0. The summed E-state index contributed by atoms with van der Waals surface area (Å²) in [6, 6.07) is 0. The SMILES string of the molecule is CCCC/C=C/CCCCCCCCCCCC(=O)O[C@@H](COC(=O)CCCCCC/C=C/C/C=C/C/C=C/CCCCC)CO[C@@H]1O[C@H](CO[C@@H]2O[C@H](CO)[C@H](O)C(O)C2O)[C@H](O)C(O)C1O. The monoisotopic (exact) mass is 969 g/mol. The minimum Gasteiger partial charge on any atom is -0.462 e. The van der Waals surface area contributed by atoms with Crippen molar-refractivity contribution in [3.05, 3.63) is 48.6 Å². The maximum Gasteiger partial charge on any atom is 0.306 e. The lowest BCUT2D eigenvalue weighted by Crippen LogP contribution is -2.61. The Balaban J connectivity index is 1.81. The van der Waals surface area contributed by atoms with Crippen molar-refractivity contribution in [2.24, 2.45) is 0 Å². The third kappa shape index (κ3) is 27.7. The fraction of sp³-hybridized carbons (Fsp3) is 0.811. The topological polar surface area (TPSA) is 231 Å². The van der Waals surface area contributed by atoms with Gasteiger partial charge in [0, 0.05) is 12.8 Å². The van der Waals surface area contributed by atoms with Gasteiger partial charge in [-0.05, 0) is 70.6 Å². The highest BCUT2D eigenvalue weighted by Crippen LogP contribution is 2.26. The van der Waals surface area contributed by atoms with Crippen molar-refractivity contribution < 1.29 is 73.8 Å². The number of hydrogen-bond donors (Lipinski definition) is 7. The highest BCUT2D eigenvalue weighted by Gasteiger charge is 2.47. The number of hydrogen-bond acceptors (Lipinski definition) is 15. The number of allylic oxidation sites excluding steroid dienone is 8. The van der Waals surface area contributed by atoms with Crippen molar-refractivity contribution >= 4 is 11.9 Å². The van der Waals surface area contributed by atoms with Crippen molar-refractivity contribution in [2.75, 3.05) is 26.4 Å². The van der Waals surface area contributed by atoms with Gasteiger partial charge in [-0.2, -0.15) is 0 Å². The maximum absolute atomic E-state index is 13.0. The summed E-state index contributed by atoms with van der Waals surface area (Å²) in [6.07, 6.45) is 27.0. The van der Waals surface area contributed by atoms with Crippen molar-refractivity contribution in [1.29, 1.82) is 0 Å². The smallest absolute Gasteiger partial charge is 0.306 e. The van der Waals surface area contributed by atoms with E-state index in [4.69, 9.17) is 28.4 Å². The van der Waals surface area contributed by atoms with Gasteiger partial charge in [-0.15, -0.1) is 0 Å². The normalized spacial score (nSPS) is 26.1. The van der Waals surface area contributed by atoms with Gasteiger partial charge >= 0.3 is 11.9 Å². The van der Waals surface area contributed by atoms with E-state index in [2.05, 4.69) is 62.5 Å². The van der Waals surface area contributed by atoms with Crippen LogP contribution in [-0.2, 0) is 38.0 Å². The molecule has 0 aromatic carbocycles. The summed E-state index contributed by atoms with van der Waals surface area (Å²) in [5.41, 5.74) is 0. The molecule has 0 radical (unpaired) electrons. The van der Waals surface area contributed by atoms with Crippen LogP contribution in [0.1, 0.15) is 181 Å². The Morgan fingerprint density at radius 2 is 0.897 bits per heavy atom. The molecule has 2 rings (SSSR count). The first-order valence-electron chi connectivity index (χ1n) is 26.2. The number of carbonyl (C=O) groups excluding carboxylic acids is 2. The Hall–Kier alpha value is -2.54. The number of aliphatic hydroxyl groups excluding tert-OH is 7. The van der Waals surface area contributed by atoms with Gasteiger partial charge in [-0.3, -0.25) is 9.59 Å². The van der Waals surface area contributed by atoms with E-state index in [0.29, 0.717) is 12.8 Å². The van der Waals surface area contributed by atoms with Crippen molar-refractivity contribution in [1.82, 2.24) is 0 Å². The minimum atomic E-state index is -1.77. The van der Waals surface area contributed by atoms with Crippen LogP contribution in [0, 0.1) is 0 Å². The van der Waals surface area contributed by atoms with Gasteiger partial charge in [-0.1, -0.05) is 146 Å². The van der Waals surface area contributed by atoms with Crippen LogP contribution in [0.5, 0.6) is 0 Å². The summed E-state index contributed by atoms with van der Waals surface area (Å²) in [5.74, 6) is -0.953. The third-order valence-corrected chi connectivity index (χ3v) is 12.3. The van der Waals surface area contributed by atoms with E-state index in [-0.39, 0.29) is 19.4 Å². The molecule has 2 saturated heterocycles. The first-order valence-corrected chi connectivity index (χ1v) is 26.2. The number of esters is 2. The van der Waals surface area contributed by atoms with Gasteiger partial charge in [-0.25, -0.2) is 0 Å². The Morgan fingerprint density at radius 3 is 1.44 bits per heavy atom. The summed E-state index contributed by atoms with van der Waals surface area (Å²) in [6.45, 7) is 2.51. The molecule has 2 aliphatic rings. The van der Waals surface area contributed by atoms with E-state index >= 15 is 0 Å². The average Bonchev–Trinajstić information content (AvgIpc) is 3.33. The third-order valence-electron chi connectivity index (χ3n) is 12.3. The second-order valence-corrected chi connectivity index (χ2v) is 18.3. The number of aliphatic hydroxyl groups is 7. The van der Waals surface area contributed by atoms with E-state index < -0.39 is 99.3 Å². The Labute approximate surface area is 408 Å². The van der Waals surface area contributed by atoms with Crippen molar-refractivity contribution in [3.63, 3.8) is 0 Å². The minimum absolute atomic E-state index is 0.157. The van der Waals surface area contributed by atoms with Gasteiger partial charge in [0.05, 0.1) is 19.8 Å². The van der Waals surface area contributed by atoms with Crippen LogP contribution in [-0.4, -0.2) is 142 Å². The van der Waals surface area contributed by atoms with Crippen LogP contribution in [0.2, 0.25) is 0 Å². The molecule has 7 N–H and O–H groups in total. The quantitative estimate of drug-likeness (QED) is 0.0179. The molecule has 0 spiro atoms. The van der Waals surface area contributed by atoms with Crippen LogP contribution in [0.15, 0.2) is 48.6 Å². The van der Waals surface area contributed by atoms with Gasteiger partial charge in [0.2, 0.25) is 0 Å². The first kappa shape index (κ1) is 61.6. The molecule has 4 unspecified atom stereocenters. The van der Waals surface area contributed by atoms with Crippen LogP contribution >= 0.6 is 0 Å². The van der Waals surface area contributed by atoms with Crippen LogP contribution in [0.4, 0.5) is 0 Å². The highest BCUT2D eigenvalue weighted by molar-refractivity contribution is 5.70. The lowest BCUT2D eigenvalue weighted by atomic mass is 9.98. The van der Waals surface area contributed by atoms with Crippen molar-refractivity contribution in [2.45, 2.75) is 248 Å². The summed E-state index contributed by atoms with van der Waals surface area (Å²) < 4.78 is 33.6. The molecular formula is C53H92O15. The average molecular weight is 969 g/mol. The molecule has 0 saturated carbocycles. The molecule has 0 aromatic rings. The van der Waals surface area contributed by atoms with E-state index in [1.807, 2.05) is 0 Å². The molecule has 2 heterocycles. The molecule has 15 heteroatoms. The molecule has 68 heavy (non-hydrogen) atoms. The van der Waals surface area contributed by atoms with E-state index in [0.717, 1.165) is 77.0 Å². The zero-order chi connectivity index (χ0) is 49.6. The molecule has 2 aliphatic heterocycles. The molecular weight excluding hydrogens is 877 g/mol. The van der Waals surface area contributed by atoms with E-state index in [1.54, 1.807) is 0 Å². The fourth-order valence-electron chi connectivity index (χ4n) is 7.91. The Morgan fingerprint density at radius 1 is 0.471 bits per heavy atom. The van der Waals surface area contributed by atoms with Crippen LogP contribution in [0.3, 0.4) is 0 Å². The van der Waals surface area contributed by atoms with Gasteiger partial charge in [0.15, 0.2) is 18.7 Å². The molecule has 2 fully saturated rings. The summed E-state index contributed by atoms with van der Waals surface area (Å²) >= 11 is 0. The Kier molecular flexibility index (Phi) is 36.3. The molecule has 0 aliphatic carbocycles. The molecule has 0 bridgehead atoms. The zero-order valence-corrected chi connectivity index (χ0v) is 41.6. The largest absolute Gasteiger partial charge is 0.462 e. The van der Waals surface area contributed by atoms with Crippen molar-refractivity contribution in [3.8, 4) is 0 Å². The first-order chi connectivity index (χ1) is 33.0. The Bertz CT molecular complexity index is 1370. The van der Waals surface area contributed by atoms with Gasteiger partial charge in [0.1, 0.15) is 55.4 Å².